The van der Waals surface area contributed by atoms with E-state index in [1.54, 1.807) is 6.92 Å². The molecule has 0 spiro atoms. The Balaban J connectivity index is 2.77. The van der Waals surface area contributed by atoms with Gasteiger partial charge in [0.25, 0.3) is 0 Å². The van der Waals surface area contributed by atoms with Crippen LogP contribution in [0.5, 0.6) is 0 Å². The second-order valence-corrected chi connectivity index (χ2v) is 4.33. The summed E-state index contributed by atoms with van der Waals surface area (Å²) in [5.41, 5.74) is 0. The van der Waals surface area contributed by atoms with Crippen molar-refractivity contribution in [3.05, 3.63) is 0 Å². The molecule has 0 radical (unpaired) electrons. The molecular weight excluding hydrogens is 232 g/mol. The predicted molar refractivity (Wildman–Crippen MR) is 55.2 cm³/mol. The summed E-state index contributed by atoms with van der Waals surface area (Å²) in [4.78, 5) is 10.8. The number of carboxylic acids is 1. The maximum absolute atomic E-state index is 10.8. The number of rotatable bonds is 4. The van der Waals surface area contributed by atoms with Crippen molar-refractivity contribution >= 4 is 5.97 Å². The lowest BCUT2D eigenvalue weighted by molar-refractivity contribution is -0.202. The van der Waals surface area contributed by atoms with Gasteiger partial charge < -0.3 is 30.3 Å². The number of aliphatic hydroxyl groups excluding tert-OH is 4. The Morgan fingerprint density at radius 3 is 2.53 bits per heavy atom. The van der Waals surface area contributed by atoms with Crippen LogP contribution < -0.4 is 0 Å². The van der Waals surface area contributed by atoms with Crippen LogP contribution in [0.15, 0.2) is 0 Å². The normalized spacial score (nSPS) is 37.5. The van der Waals surface area contributed by atoms with Gasteiger partial charge in [-0.1, -0.05) is 6.92 Å². The molecule has 7 nitrogen and oxygen atoms in total. The average molecular weight is 250 g/mol. The van der Waals surface area contributed by atoms with E-state index in [0.717, 1.165) is 0 Å². The first-order chi connectivity index (χ1) is 7.88. The third-order valence-corrected chi connectivity index (χ3v) is 3.10. The number of carbonyl (C=O) groups is 1. The van der Waals surface area contributed by atoms with Crippen molar-refractivity contribution in [1.82, 2.24) is 0 Å². The average Bonchev–Trinajstić information content (AvgIpc) is 2.30. The van der Waals surface area contributed by atoms with Gasteiger partial charge in [0.2, 0.25) is 0 Å². The molecule has 1 aliphatic heterocycles. The van der Waals surface area contributed by atoms with Crippen molar-refractivity contribution in [1.29, 1.82) is 0 Å². The van der Waals surface area contributed by atoms with Crippen LogP contribution in [0.2, 0.25) is 0 Å². The summed E-state index contributed by atoms with van der Waals surface area (Å²) in [5, 5.41) is 46.2. The van der Waals surface area contributed by atoms with Gasteiger partial charge in [-0.3, -0.25) is 0 Å². The van der Waals surface area contributed by atoms with Crippen LogP contribution in [0.1, 0.15) is 13.3 Å². The van der Waals surface area contributed by atoms with Crippen LogP contribution in [0.3, 0.4) is 0 Å². The first kappa shape index (κ1) is 14.3. The summed E-state index contributed by atoms with van der Waals surface area (Å²) in [6.45, 7) is 0.919. The van der Waals surface area contributed by atoms with Gasteiger partial charge in [-0.25, -0.2) is 4.79 Å². The largest absolute Gasteiger partial charge is 0.479 e. The zero-order valence-corrected chi connectivity index (χ0v) is 9.43. The molecule has 0 aromatic heterocycles. The van der Waals surface area contributed by atoms with Crippen molar-refractivity contribution in [3.63, 3.8) is 0 Å². The first-order valence-corrected chi connectivity index (χ1v) is 5.41. The molecule has 6 atom stereocenters. The number of aliphatic hydroxyl groups is 4. The van der Waals surface area contributed by atoms with Crippen molar-refractivity contribution in [2.75, 3.05) is 6.61 Å². The molecule has 0 aromatic rings. The lowest BCUT2D eigenvalue weighted by atomic mass is 9.86. The minimum atomic E-state index is -1.44. The highest BCUT2D eigenvalue weighted by Gasteiger charge is 2.43. The van der Waals surface area contributed by atoms with Gasteiger partial charge in [0, 0.05) is 12.3 Å². The minimum Gasteiger partial charge on any atom is -0.479 e. The van der Waals surface area contributed by atoms with E-state index in [1.165, 1.54) is 0 Å². The Morgan fingerprint density at radius 1 is 1.47 bits per heavy atom. The second-order valence-electron chi connectivity index (χ2n) is 4.33. The topological polar surface area (TPSA) is 127 Å². The van der Waals surface area contributed by atoms with Gasteiger partial charge in [-0.05, 0) is 0 Å². The van der Waals surface area contributed by atoms with E-state index in [0.29, 0.717) is 0 Å². The fraction of sp³-hybridized carbons (Fsp3) is 0.900. The molecule has 0 saturated carbocycles. The monoisotopic (exact) mass is 250 g/mol. The first-order valence-electron chi connectivity index (χ1n) is 5.41. The molecule has 5 unspecified atom stereocenters. The molecule has 1 aliphatic rings. The molecule has 0 amide bonds. The van der Waals surface area contributed by atoms with Crippen molar-refractivity contribution in [2.45, 2.75) is 43.9 Å². The van der Waals surface area contributed by atoms with Crippen LogP contribution in [0, 0.1) is 5.92 Å². The summed E-state index contributed by atoms with van der Waals surface area (Å²) in [5.74, 6) is -1.76. The maximum Gasteiger partial charge on any atom is 0.332 e. The third kappa shape index (κ3) is 3.14. The number of hydrogen-bond acceptors (Lipinski definition) is 6. The lowest BCUT2D eigenvalue weighted by Crippen LogP contribution is -2.54. The molecular formula is C10H18O7. The van der Waals surface area contributed by atoms with Crippen LogP contribution in [0.4, 0.5) is 0 Å². The smallest absolute Gasteiger partial charge is 0.332 e. The van der Waals surface area contributed by atoms with E-state index >= 15 is 0 Å². The summed E-state index contributed by atoms with van der Waals surface area (Å²) >= 11 is 0. The standard InChI is InChI=1S/C10H18O7/c1-4-5(12)2-7(10(15)16)17-9(4)8(14)6(13)3-11/h4-9,11-14H,2-3H2,1H3,(H,15,16)/t4?,5?,6-,7?,8?,9?/m0/s1. The minimum absolute atomic E-state index is 0.0606. The summed E-state index contributed by atoms with van der Waals surface area (Å²) in [6, 6.07) is 0. The third-order valence-electron chi connectivity index (χ3n) is 3.10. The van der Waals surface area contributed by atoms with E-state index in [-0.39, 0.29) is 6.42 Å². The van der Waals surface area contributed by atoms with Gasteiger partial charge in [-0.15, -0.1) is 0 Å². The van der Waals surface area contributed by atoms with Crippen molar-refractivity contribution in [2.24, 2.45) is 5.92 Å². The van der Waals surface area contributed by atoms with Crippen LogP contribution in [0.25, 0.3) is 0 Å². The van der Waals surface area contributed by atoms with Gasteiger partial charge in [0.05, 0.1) is 18.8 Å². The molecule has 17 heavy (non-hydrogen) atoms. The molecule has 0 aromatic carbocycles. The molecule has 5 N–H and O–H groups in total. The van der Waals surface area contributed by atoms with E-state index < -0.39 is 49.0 Å². The molecule has 7 heteroatoms. The van der Waals surface area contributed by atoms with Gasteiger partial charge >= 0.3 is 5.97 Å². The number of carboxylic acid groups (broad SMARTS) is 1. The molecule has 1 saturated heterocycles. The lowest BCUT2D eigenvalue weighted by Gasteiger charge is -2.39. The highest BCUT2D eigenvalue weighted by Crippen LogP contribution is 2.28. The molecule has 1 heterocycles. The van der Waals surface area contributed by atoms with E-state index in [2.05, 4.69) is 0 Å². The Hall–Kier alpha value is -0.730. The van der Waals surface area contributed by atoms with Crippen LogP contribution in [-0.4, -0.2) is 68.6 Å². The quantitative estimate of drug-likeness (QED) is 0.388. The maximum atomic E-state index is 10.8. The second kappa shape index (κ2) is 5.74. The number of aliphatic carboxylic acids is 1. The Kier molecular flexibility index (Phi) is 4.84. The van der Waals surface area contributed by atoms with Crippen LogP contribution in [-0.2, 0) is 9.53 Å². The number of hydrogen-bond donors (Lipinski definition) is 5. The molecule has 1 fully saturated rings. The fourth-order valence-electron chi connectivity index (χ4n) is 1.90. The fourth-order valence-corrected chi connectivity index (χ4v) is 1.90. The van der Waals surface area contributed by atoms with E-state index in [4.69, 9.17) is 14.9 Å². The Bertz CT molecular complexity index is 269. The SMILES string of the molecule is CC1C(O)CC(C(=O)O)OC1C(O)[C@@H](O)CO. The van der Waals surface area contributed by atoms with E-state index in [1.807, 2.05) is 0 Å². The molecule has 1 rings (SSSR count). The molecule has 0 bridgehead atoms. The summed E-state index contributed by atoms with van der Waals surface area (Å²) in [6.07, 6.45) is -6.10. The van der Waals surface area contributed by atoms with Gasteiger partial charge in [0.15, 0.2) is 6.10 Å². The highest BCUT2D eigenvalue weighted by atomic mass is 16.5. The van der Waals surface area contributed by atoms with Crippen LogP contribution >= 0.6 is 0 Å². The predicted octanol–water partition coefficient (Wildman–Crippen LogP) is -2.06. The Labute approximate surface area is 98.3 Å². The molecule has 100 valence electrons. The van der Waals surface area contributed by atoms with Gasteiger partial charge in [-0.2, -0.15) is 0 Å². The zero-order valence-electron chi connectivity index (χ0n) is 9.43. The summed E-state index contributed by atoms with van der Waals surface area (Å²) in [7, 11) is 0. The van der Waals surface area contributed by atoms with E-state index in [9.17, 15) is 20.1 Å². The summed E-state index contributed by atoms with van der Waals surface area (Å²) < 4.78 is 5.13. The van der Waals surface area contributed by atoms with Gasteiger partial charge in [0.1, 0.15) is 12.2 Å². The number of ether oxygens (including phenoxy) is 1. The molecule has 0 aliphatic carbocycles. The van der Waals surface area contributed by atoms with Crippen molar-refractivity contribution in [3.8, 4) is 0 Å². The highest BCUT2D eigenvalue weighted by molar-refractivity contribution is 5.72. The zero-order chi connectivity index (χ0) is 13.2. The Morgan fingerprint density at radius 2 is 2.06 bits per heavy atom. The van der Waals surface area contributed by atoms with Crippen molar-refractivity contribution < 1.29 is 35.1 Å².